The van der Waals surface area contributed by atoms with E-state index >= 15 is 4.39 Å². The molecular formula is C31H30FN5O4. The predicted octanol–water partition coefficient (Wildman–Crippen LogP) is 4.53. The van der Waals surface area contributed by atoms with Crippen molar-refractivity contribution in [1.29, 1.82) is 0 Å². The molecule has 10 heteroatoms. The molecule has 0 bridgehead atoms. The zero-order valence-electron chi connectivity index (χ0n) is 23.1. The number of fused-ring (bicyclic) bond motifs is 5. The number of pyridine rings is 1. The van der Waals surface area contributed by atoms with Gasteiger partial charge < -0.3 is 19.6 Å². The molecular weight excluding hydrogens is 525 g/mol. The van der Waals surface area contributed by atoms with E-state index in [9.17, 15) is 14.7 Å². The Kier molecular flexibility index (Phi) is 6.48. The third kappa shape index (κ3) is 4.21. The Balaban J connectivity index is 1.68. The van der Waals surface area contributed by atoms with Gasteiger partial charge in [-0.25, -0.2) is 9.18 Å². The zero-order valence-corrected chi connectivity index (χ0v) is 23.1. The van der Waals surface area contributed by atoms with Crippen LogP contribution in [0.5, 0.6) is 11.5 Å². The number of amides is 1. The normalized spacial score (nSPS) is 16.4. The molecule has 2 aliphatic heterocycles. The molecule has 0 radical (unpaired) electrons. The fourth-order valence-corrected chi connectivity index (χ4v) is 5.91. The highest BCUT2D eigenvalue weighted by Gasteiger charge is 2.33. The Hall–Kier alpha value is -4.73. The third-order valence-electron chi connectivity index (χ3n) is 7.81. The van der Waals surface area contributed by atoms with Crippen molar-refractivity contribution in [3.8, 4) is 28.3 Å². The average molecular weight is 556 g/mol. The number of ether oxygens (including phenoxy) is 1. The molecule has 4 heterocycles. The first-order chi connectivity index (χ1) is 19.7. The number of hydrogen-bond donors (Lipinski definition) is 1. The summed E-state index contributed by atoms with van der Waals surface area (Å²) in [6.45, 7) is 10.7. The number of anilines is 1. The Morgan fingerprint density at radius 2 is 2.02 bits per heavy atom. The minimum absolute atomic E-state index is 0.0229. The van der Waals surface area contributed by atoms with Crippen molar-refractivity contribution >= 4 is 22.6 Å². The summed E-state index contributed by atoms with van der Waals surface area (Å²) in [6.07, 6.45) is 2.95. The molecule has 1 fully saturated rings. The highest BCUT2D eigenvalue weighted by atomic mass is 19.1. The molecule has 0 spiro atoms. The molecule has 1 saturated heterocycles. The Morgan fingerprint density at radius 1 is 1.22 bits per heavy atom. The number of carbonyl (C=O) groups excluding carboxylic acids is 1. The summed E-state index contributed by atoms with van der Waals surface area (Å²) < 4.78 is 23.8. The van der Waals surface area contributed by atoms with Crippen LogP contribution in [0.1, 0.15) is 37.9 Å². The summed E-state index contributed by atoms with van der Waals surface area (Å²) in [5.41, 5.74) is 2.03. The van der Waals surface area contributed by atoms with Crippen LogP contribution in [0.15, 0.2) is 60.0 Å². The van der Waals surface area contributed by atoms with E-state index in [2.05, 4.69) is 16.5 Å². The summed E-state index contributed by atoms with van der Waals surface area (Å²) in [7, 11) is 0. The standard InChI is InChI=1S/C31H30FN5O4/c1-5-24(39)35-12-13-36(18(4)15-35)30-20-14-21(32)26-25-19(8-6-10-23(25)38)16-41-29(26)28(20)37(31(40)34-30)22-9-7-11-33-27(22)17(2)3/h5-11,14,17-18,38H,1,12-13,15-16H2,2-4H3/t18-/m0/s1. The van der Waals surface area contributed by atoms with Gasteiger partial charge >= 0.3 is 5.69 Å². The molecule has 2 aromatic heterocycles. The molecule has 2 aromatic carbocycles. The van der Waals surface area contributed by atoms with E-state index in [1.54, 1.807) is 35.4 Å². The Morgan fingerprint density at radius 3 is 2.76 bits per heavy atom. The minimum atomic E-state index is -0.605. The number of nitrogens with zero attached hydrogens (tertiary/aromatic N) is 5. The molecule has 0 unspecified atom stereocenters. The van der Waals surface area contributed by atoms with Crippen molar-refractivity contribution < 1.29 is 19.0 Å². The van der Waals surface area contributed by atoms with Gasteiger partial charge in [0, 0.05) is 48.4 Å². The molecule has 6 rings (SSSR count). The number of aromatic nitrogens is 3. The van der Waals surface area contributed by atoms with Crippen LogP contribution in [0.3, 0.4) is 0 Å². The number of aromatic hydroxyl groups is 1. The van der Waals surface area contributed by atoms with Crippen molar-refractivity contribution in [3.63, 3.8) is 0 Å². The number of carbonyl (C=O) groups is 1. The largest absolute Gasteiger partial charge is 0.507 e. The predicted molar refractivity (Wildman–Crippen MR) is 154 cm³/mol. The summed E-state index contributed by atoms with van der Waals surface area (Å²) in [4.78, 5) is 38.9. The lowest BCUT2D eigenvalue weighted by molar-refractivity contribution is -0.126. The maximum Gasteiger partial charge on any atom is 0.354 e. The van der Waals surface area contributed by atoms with Gasteiger partial charge in [0.05, 0.1) is 16.9 Å². The number of halogens is 1. The first-order valence-electron chi connectivity index (χ1n) is 13.6. The Bertz CT molecular complexity index is 1780. The summed E-state index contributed by atoms with van der Waals surface area (Å²) >= 11 is 0. The number of phenolic OH excluding ortho intramolecular Hbond substituents is 1. The number of hydrogen-bond acceptors (Lipinski definition) is 7. The summed E-state index contributed by atoms with van der Waals surface area (Å²) in [5, 5.41) is 11.2. The topological polar surface area (TPSA) is 101 Å². The molecule has 210 valence electrons. The van der Waals surface area contributed by atoms with Crippen LogP contribution < -0.4 is 15.3 Å². The van der Waals surface area contributed by atoms with Crippen LogP contribution in [0, 0.1) is 5.82 Å². The van der Waals surface area contributed by atoms with E-state index < -0.39 is 11.5 Å². The second-order valence-electron chi connectivity index (χ2n) is 10.7. The van der Waals surface area contributed by atoms with Crippen LogP contribution in [-0.2, 0) is 11.4 Å². The first-order valence-corrected chi connectivity index (χ1v) is 13.6. The van der Waals surface area contributed by atoms with Crippen molar-refractivity contribution in [2.45, 2.75) is 39.3 Å². The highest BCUT2D eigenvalue weighted by Crippen LogP contribution is 2.49. The van der Waals surface area contributed by atoms with Gasteiger partial charge in [-0.3, -0.25) is 14.3 Å². The van der Waals surface area contributed by atoms with Gasteiger partial charge in [-0.05, 0) is 43.2 Å². The summed E-state index contributed by atoms with van der Waals surface area (Å²) in [5.74, 6) is -0.412. The minimum Gasteiger partial charge on any atom is -0.507 e. The smallest absolute Gasteiger partial charge is 0.354 e. The third-order valence-corrected chi connectivity index (χ3v) is 7.81. The van der Waals surface area contributed by atoms with Crippen molar-refractivity contribution in [2.24, 2.45) is 0 Å². The van der Waals surface area contributed by atoms with E-state index in [0.29, 0.717) is 58.9 Å². The Labute approximate surface area is 236 Å². The quantitative estimate of drug-likeness (QED) is 0.369. The number of rotatable bonds is 4. The van der Waals surface area contributed by atoms with Gasteiger partial charge in [0.15, 0.2) is 5.75 Å². The fraction of sp³-hybridized carbons (Fsp3) is 0.290. The van der Waals surface area contributed by atoms with Crippen LogP contribution in [0.4, 0.5) is 10.2 Å². The van der Waals surface area contributed by atoms with Crippen LogP contribution >= 0.6 is 0 Å². The second kappa shape index (κ2) is 10.0. The fourth-order valence-electron chi connectivity index (χ4n) is 5.91. The van der Waals surface area contributed by atoms with Crippen LogP contribution in [-0.4, -0.2) is 56.1 Å². The molecule has 0 saturated carbocycles. The van der Waals surface area contributed by atoms with E-state index in [0.717, 1.165) is 0 Å². The summed E-state index contributed by atoms with van der Waals surface area (Å²) in [6, 6.07) is 9.63. The van der Waals surface area contributed by atoms with Gasteiger partial charge in [0.1, 0.15) is 29.5 Å². The number of phenols is 1. The molecule has 41 heavy (non-hydrogen) atoms. The number of piperazine rings is 1. The zero-order chi connectivity index (χ0) is 29.0. The lowest BCUT2D eigenvalue weighted by Crippen LogP contribution is -2.54. The van der Waals surface area contributed by atoms with E-state index in [1.807, 2.05) is 25.7 Å². The lowest BCUT2D eigenvalue weighted by atomic mass is 9.93. The molecule has 4 aromatic rings. The first kappa shape index (κ1) is 26.5. The molecule has 1 amide bonds. The molecule has 1 atom stereocenters. The maximum absolute atomic E-state index is 16.2. The number of benzene rings is 2. The highest BCUT2D eigenvalue weighted by molar-refractivity contribution is 6.01. The van der Waals surface area contributed by atoms with E-state index in [-0.39, 0.29) is 41.5 Å². The lowest BCUT2D eigenvalue weighted by Gasteiger charge is -2.40. The van der Waals surface area contributed by atoms with Crippen molar-refractivity contribution in [3.05, 3.63) is 82.8 Å². The van der Waals surface area contributed by atoms with Gasteiger partial charge in [-0.2, -0.15) is 4.98 Å². The monoisotopic (exact) mass is 555 g/mol. The second-order valence-corrected chi connectivity index (χ2v) is 10.7. The van der Waals surface area contributed by atoms with Crippen molar-refractivity contribution in [2.75, 3.05) is 24.5 Å². The molecule has 1 N–H and O–H groups in total. The molecule has 2 aliphatic rings. The average Bonchev–Trinajstić information content (AvgIpc) is 2.96. The van der Waals surface area contributed by atoms with Gasteiger partial charge in [0.2, 0.25) is 5.91 Å². The molecule has 0 aliphatic carbocycles. The van der Waals surface area contributed by atoms with E-state index in [1.165, 1.54) is 22.8 Å². The van der Waals surface area contributed by atoms with Gasteiger partial charge in [0.25, 0.3) is 0 Å². The van der Waals surface area contributed by atoms with Crippen LogP contribution in [0.2, 0.25) is 0 Å². The van der Waals surface area contributed by atoms with Crippen LogP contribution in [0.25, 0.3) is 27.7 Å². The molecule has 9 nitrogen and oxygen atoms in total. The van der Waals surface area contributed by atoms with E-state index in [4.69, 9.17) is 4.74 Å². The SMILES string of the molecule is C=CC(=O)N1CCN(c2nc(=O)n(-c3cccnc3C(C)C)c3c4c(c(F)cc23)-c2c(O)cccc2CO4)[C@@H](C)C1. The van der Waals surface area contributed by atoms with Crippen molar-refractivity contribution in [1.82, 2.24) is 19.4 Å². The van der Waals surface area contributed by atoms with Gasteiger partial charge in [-0.1, -0.05) is 32.6 Å². The maximum atomic E-state index is 16.2. The van der Waals surface area contributed by atoms with Gasteiger partial charge in [-0.15, -0.1) is 0 Å².